The summed E-state index contributed by atoms with van der Waals surface area (Å²) < 4.78 is 5.11. The van der Waals surface area contributed by atoms with Crippen LogP contribution in [0.5, 0.6) is 5.75 Å². The fourth-order valence-electron chi connectivity index (χ4n) is 1.74. The van der Waals surface area contributed by atoms with Gasteiger partial charge in [0.05, 0.1) is 23.5 Å². The molecular formula is C12H14ClN3O. The molecule has 1 aromatic carbocycles. The molecule has 0 aliphatic carbocycles. The third kappa shape index (κ3) is 2.28. The fraction of sp³-hybridized carbons (Fsp3) is 0.250. The number of aromatic amines is 1. The topological polar surface area (TPSA) is 63.9 Å². The summed E-state index contributed by atoms with van der Waals surface area (Å²) in [7, 11) is 1.59. The molecule has 1 heterocycles. The number of aromatic nitrogens is 2. The fourth-order valence-corrected chi connectivity index (χ4v) is 2.00. The van der Waals surface area contributed by atoms with E-state index in [2.05, 4.69) is 9.97 Å². The van der Waals surface area contributed by atoms with Crippen LogP contribution in [0.2, 0.25) is 5.02 Å². The Bertz CT molecular complexity index is 537. The van der Waals surface area contributed by atoms with Gasteiger partial charge in [-0.3, -0.25) is 0 Å². The molecular weight excluding hydrogens is 238 g/mol. The first-order chi connectivity index (χ1) is 8.15. The minimum absolute atomic E-state index is 0.416. The Morgan fingerprint density at radius 2 is 2.24 bits per heavy atom. The summed E-state index contributed by atoms with van der Waals surface area (Å²) in [4.78, 5) is 7.54. The Kier molecular flexibility index (Phi) is 3.36. The molecule has 1 aromatic heterocycles. The first kappa shape index (κ1) is 12.0. The zero-order chi connectivity index (χ0) is 12.4. The molecule has 0 aliphatic heterocycles. The van der Waals surface area contributed by atoms with Gasteiger partial charge in [0.1, 0.15) is 11.6 Å². The summed E-state index contributed by atoms with van der Waals surface area (Å²) in [6, 6.07) is 5.57. The lowest BCUT2D eigenvalue weighted by Gasteiger charge is -2.05. The number of hydrogen-bond donors (Lipinski definition) is 2. The van der Waals surface area contributed by atoms with Crippen molar-refractivity contribution in [3.05, 3.63) is 34.7 Å². The number of methoxy groups -OCH3 is 1. The summed E-state index contributed by atoms with van der Waals surface area (Å²) in [5.41, 5.74) is 8.35. The average Bonchev–Trinajstić information content (AvgIpc) is 2.70. The summed E-state index contributed by atoms with van der Waals surface area (Å²) in [6.45, 7) is 2.31. The van der Waals surface area contributed by atoms with E-state index in [9.17, 15) is 0 Å². The van der Waals surface area contributed by atoms with E-state index >= 15 is 0 Å². The number of hydrogen-bond acceptors (Lipinski definition) is 3. The Balaban J connectivity index is 2.49. The molecule has 90 valence electrons. The van der Waals surface area contributed by atoms with E-state index in [0.29, 0.717) is 17.3 Å². The molecule has 0 saturated carbocycles. The molecule has 0 radical (unpaired) electrons. The SMILES string of the molecule is COc1ccc(-c2nc(C)[nH]c2CN)cc1Cl. The van der Waals surface area contributed by atoms with E-state index in [0.717, 1.165) is 22.8 Å². The highest BCUT2D eigenvalue weighted by Gasteiger charge is 2.11. The van der Waals surface area contributed by atoms with Gasteiger partial charge in [-0.25, -0.2) is 4.98 Å². The monoisotopic (exact) mass is 251 g/mol. The molecule has 2 aromatic rings. The smallest absolute Gasteiger partial charge is 0.137 e. The Labute approximate surface area is 105 Å². The highest BCUT2D eigenvalue weighted by molar-refractivity contribution is 6.32. The van der Waals surface area contributed by atoms with E-state index in [1.165, 1.54) is 0 Å². The maximum Gasteiger partial charge on any atom is 0.137 e. The van der Waals surface area contributed by atoms with Crippen molar-refractivity contribution < 1.29 is 4.74 Å². The van der Waals surface area contributed by atoms with E-state index in [4.69, 9.17) is 22.1 Å². The lowest BCUT2D eigenvalue weighted by molar-refractivity contribution is 0.415. The lowest BCUT2D eigenvalue weighted by atomic mass is 10.1. The van der Waals surface area contributed by atoms with Gasteiger partial charge in [-0.05, 0) is 25.1 Å². The predicted molar refractivity (Wildman–Crippen MR) is 68.2 cm³/mol. The predicted octanol–water partition coefficient (Wildman–Crippen LogP) is 2.51. The average molecular weight is 252 g/mol. The maximum atomic E-state index is 6.09. The molecule has 0 amide bonds. The summed E-state index contributed by atoms with van der Waals surface area (Å²) in [6.07, 6.45) is 0. The Morgan fingerprint density at radius 1 is 1.47 bits per heavy atom. The third-order valence-corrected chi connectivity index (χ3v) is 2.82. The number of imidazole rings is 1. The van der Waals surface area contributed by atoms with Crippen molar-refractivity contribution in [1.29, 1.82) is 0 Å². The number of rotatable bonds is 3. The zero-order valence-electron chi connectivity index (χ0n) is 9.75. The van der Waals surface area contributed by atoms with Gasteiger partial charge in [0.25, 0.3) is 0 Å². The van der Waals surface area contributed by atoms with E-state index in [1.54, 1.807) is 7.11 Å². The molecule has 0 bridgehead atoms. The van der Waals surface area contributed by atoms with Crippen LogP contribution < -0.4 is 10.5 Å². The van der Waals surface area contributed by atoms with Gasteiger partial charge < -0.3 is 15.5 Å². The Hall–Kier alpha value is -1.52. The first-order valence-electron chi connectivity index (χ1n) is 5.25. The quantitative estimate of drug-likeness (QED) is 0.881. The van der Waals surface area contributed by atoms with E-state index < -0.39 is 0 Å². The molecule has 2 rings (SSSR count). The van der Waals surface area contributed by atoms with Gasteiger partial charge in [-0.2, -0.15) is 0 Å². The summed E-state index contributed by atoms with van der Waals surface area (Å²) >= 11 is 6.09. The number of nitrogens with two attached hydrogens (primary N) is 1. The third-order valence-electron chi connectivity index (χ3n) is 2.53. The number of nitrogens with one attached hydrogen (secondary N) is 1. The van der Waals surface area contributed by atoms with Gasteiger partial charge in [0.2, 0.25) is 0 Å². The highest BCUT2D eigenvalue weighted by atomic mass is 35.5. The van der Waals surface area contributed by atoms with Crippen LogP contribution in [-0.2, 0) is 6.54 Å². The van der Waals surface area contributed by atoms with Crippen LogP contribution in [0.3, 0.4) is 0 Å². The van der Waals surface area contributed by atoms with Crippen LogP contribution in [0.15, 0.2) is 18.2 Å². The van der Waals surface area contributed by atoms with Crippen molar-refractivity contribution in [3.8, 4) is 17.0 Å². The number of nitrogens with zero attached hydrogens (tertiary/aromatic N) is 1. The lowest BCUT2D eigenvalue weighted by Crippen LogP contribution is -1.98. The van der Waals surface area contributed by atoms with E-state index in [-0.39, 0.29) is 0 Å². The van der Waals surface area contributed by atoms with Gasteiger partial charge >= 0.3 is 0 Å². The van der Waals surface area contributed by atoms with Crippen LogP contribution in [0.1, 0.15) is 11.5 Å². The number of halogens is 1. The first-order valence-corrected chi connectivity index (χ1v) is 5.63. The van der Waals surface area contributed by atoms with Crippen molar-refractivity contribution in [3.63, 3.8) is 0 Å². The van der Waals surface area contributed by atoms with Crippen LogP contribution in [-0.4, -0.2) is 17.1 Å². The second-order valence-electron chi connectivity index (χ2n) is 3.70. The van der Waals surface area contributed by atoms with Crippen molar-refractivity contribution >= 4 is 11.6 Å². The van der Waals surface area contributed by atoms with Crippen LogP contribution in [0.4, 0.5) is 0 Å². The zero-order valence-corrected chi connectivity index (χ0v) is 10.5. The van der Waals surface area contributed by atoms with E-state index in [1.807, 2.05) is 25.1 Å². The largest absolute Gasteiger partial charge is 0.495 e. The van der Waals surface area contributed by atoms with Gasteiger partial charge in [0, 0.05) is 12.1 Å². The second-order valence-corrected chi connectivity index (χ2v) is 4.11. The van der Waals surface area contributed by atoms with Crippen molar-refractivity contribution in [2.45, 2.75) is 13.5 Å². The Morgan fingerprint density at radius 3 is 2.82 bits per heavy atom. The van der Waals surface area contributed by atoms with Crippen molar-refractivity contribution in [2.24, 2.45) is 5.73 Å². The van der Waals surface area contributed by atoms with Crippen LogP contribution in [0, 0.1) is 6.92 Å². The minimum atomic E-state index is 0.416. The molecule has 0 unspecified atom stereocenters. The highest BCUT2D eigenvalue weighted by Crippen LogP contribution is 2.30. The van der Waals surface area contributed by atoms with Gasteiger partial charge in [-0.1, -0.05) is 11.6 Å². The number of benzene rings is 1. The molecule has 0 fully saturated rings. The van der Waals surface area contributed by atoms with Crippen molar-refractivity contribution in [2.75, 3.05) is 7.11 Å². The minimum Gasteiger partial charge on any atom is -0.495 e. The molecule has 4 nitrogen and oxygen atoms in total. The van der Waals surface area contributed by atoms with Crippen LogP contribution in [0.25, 0.3) is 11.3 Å². The van der Waals surface area contributed by atoms with Gasteiger partial charge in [0.15, 0.2) is 0 Å². The molecule has 5 heteroatoms. The van der Waals surface area contributed by atoms with Crippen LogP contribution >= 0.6 is 11.6 Å². The number of ether oxygens (including phenoxy) is 1. The molecule has 0 saturated heterocycles. The standard InChI is InChI=1S/C12H14ClN3O/c1-7-15-10(6-14)12(16-7)8-3-4-11(17-2)9(13)5-8/h3-5H,6,14H2,1-2H3,(H,15,16). The maximum absolute atomic E-state index is 6.09. The summed E-state index contributed by atoms with van der Waals surface area (Å²) in [5.74, 6) is 1.49. The summed E-state index contributed by atoms with van der Waals surface area (Å²) in [5, 5.41) is 0.564. The number of H-pyrrole nitrogens is 1. The normalized spacial score (nSPS) is 10.6. The molecule has 0 atom stereocenters. The van der Waals surface area contributed by atoms with Crippen molar-refractivity contribution in [1.82, 2.24) is 9.97 Å². The molecule has 17 heavy (non-hydrogen) atoms. The number of aryl methyl sites for hydroxylation is 1. The molecule has 0 spiro atoms. The van der Waals surface area contributed by atoms with Gasteiger partial charge in [-0.15, -0.1) is 0 Å². The second kappa shape index (κ2) is 4.77. The molecule has 3 N–H and O–H groups in total. The molecule has 0 aliphatic rings.